The molecule has 8 heteroatoms. The van der Waals surface area contributed by atoms with Gasteiger partial charge in [0, 0.05) is 24.3 Å². The maximum absolute atomic E-state index is 12.9. The number of rotatable bonds is 4. The van der Waals surface area contributed by atoms with Gasteiger partial charge in [0.05, 0.1) is 17.2 Å². The first-order chi connectivity index (χ1) is 15.3. The Morgan fingerprint density at radius 1 is 1.06 bits per heavy atom. The number of benzene rings is 2. The molecule has 5 nitrogen and oxygen atoms in total. The minimum Gasteiger partial charge on any atom is -0.354 e. The van der Waals surface area contributed by atoms with Gasteiger partial charge in [0.25, 0.3) is 0 Å². The second-order valence-electron chi connectivity index (χ2n) is 8.00. The van der Waals surface area contributed by atoms with Crippen LogP contribution in [0.25, 0.3) is 11.3 Å². The smallest absolute Gasteiger partial charge is 0.354 e. The number of nitrogens with zero attached hydrogens (tertiary/aromatic N) is 3. The third-order valence-electron chi connectivity index (χ3n) is 5.57. The van der Waals surface area contributed by atoms with Crippen molar-refractivity contribution in [2.24, 2.45) is 5.92 Å². The zero-order chi connectivity index (χ0) is 22.7. The Morgan fingerprint density at radius 2 is 1.84 bits per heavy atom. The fourth-order valence-corrected chi connectivity index (χ4v) is 3.79. The van der Waals surface area contributed by atoms with Crippen molar-refractivity contribution >= 4 is 17.4 Å². The van der Waals surface area contributed by atoms with Crippen LogP contribution in [0.4, 0.5) is 24.7 Å². The van der Waals surface area contributed by atoms with Gasteiger partial charge in [-0.3, -0.25) is 4.79 Å². The number of aryl methyl sites for hydroxylation is 1. The van der Waals surface area contributed by atoms with Crippen LogP contribution in [0.1, 0.15) is 24.0 Å². The van der Waals surface area contributed by atoms with Crippen molar-refractivity contribution in [3.05, 3.63) is 71.8 Å². The number of hydrogen-bond donors (Lipinski definition) is 1. The van der Waals surface area contributed by atoms with E-state index in [-0.39, 0.29) is 17.5 Å². The molecular weight excluding hydrogens is 417 g/mol. The van der Waals surface area contributed by atoms with Crippen molar-refractivity contribution in [3.63, 3.8) is 0 Å². The van der Waals surface area contributed by atoms with Crippen LogP contribution in [0, 0.1) is 12.8 Å². The summed E-state index contributed by atoms with van der Waals surface area (Å²) in [5, 5.41) is 11.3. The average molecular weight is 440 g/mol. The summed E-state index contributed by atoms with van der Waals surface area (Å²) in [7, 11) is 0. The third-order valence-corrected chi connectivity index (χ3v) is 5.57. The summed E-state index contributed by atoms with van der Waals surface area (Å²) < 4.78 is 38.8. The molecule has 1 amide bonds. The zero-order valence-electron chi connectivity index (χ0n) is 17.6. The molecule has 0 saturated carbocycles. The summed E-state index contributed by atoms with van der Waals surface area (Å²) in [5.74, 6) is 0.0348. The number of anilines is 2. The van der Waals surface area contributed by atoms with E-state index in [1.807, 2.05) is 48.2 Å². The van der Waals surface area contributed by atoms with Crippen molar-refractivity contribution in [1.29, 1.82) is 0 Å². The molecule has 166 valence electrons. The van der Waals surface area contributed by atoms with Gasteiger partial charge in [-0.2, -0.15) is 13.2 Å². The van der Waals surface area contributed by atoms with Gasteiger partial charge in [0.1, 0.15) is 0 Å². The lowest BCUT2D eigenvalue weighted by Gasteiger charge is -2.32. The Labute approximate surface area is 184 Å². The Hall–Kier alpha value is -3.42. The average Bonchev–Trinajstić information content (AvgIpc) is 2.79. The van der Waals surface area contributed by atoms with Gasteiger partial charge in [-0.25, -0.2) is 0 Å². The molecule has 2 heterocycles. The lowest BCUT2D eigenvalue weighted by molar-refractivity contribution is -0.137. The number of piperidine rings is 1. The molecule has 3 aromatic rings. The number of hydrogen-bond acceptors (Lipinski definition) is 4. The van der Waals surface area contributed by atoms with E-state index in [4.69, 9.17) is 0 Å². The number of alkyl halides is 3. The first-order valence-corrected chi connectivity index (χ1v) is 10.4. The van der Waals surface area contributed by atoms with Crippen LogP contribution in [0.2, 0.25) is 0 Å². The Bertz CT molecular complexity index is 1080. The maximum atomic E-state index is 12.9. The SMILES string of the molecule is Cc1ccc(-c2ccc(N3CCC[C@H](C(=O)Nc4cccc(C(F)(F)F)c4)C3)nn2)cc1. The van der Waals surface area contributed by atoms with E-state index in [0.29, 0.717) is 18.8 Å². The van der Waals surface area contributed by atoms with Crippen molar-refractivity contribution in [2.75, 3.05) is 23.3 Å². The molecule has 0 spiro atoms. The van der Waals surface area contributed by atoms with Crippen LogP contribution < -0.4 is 10.2 Å². The van der Waals surface area contributed by atoms with Crippen molar-refractivity contribution < 1.29 is 18.0 Å². The van der Waals surface area contributed by atoms with E-state index in [9.17, 15) is 18.0 Å². The van der Waals surface area contributed by atoms with E-state index < -0.39 is 11.7 Å². The second-order valence-corrected chi connectivity index (χ2v) is 8.00. The quantitative estimate of drug-likeness (QED) is 0.596. The lowest BCUT2D eigenvalue weighted by atomic mass is 9.97. The zero-order valence-corrected chi connectivity index (χ0v) is 17.6. The van der Waals surface area contributed by atoms with Gasteiger partial charge in [0.15, 0.2) is 5.82 Å². The van der Waals surface area contributed by atoms with E-state index in [1.54, 1.807) is 0 Å². The number of halogens is 3. The lowest BCUT2D eigenvalue weighted by Crippen LogP contribution is -2.41. The molecule has 1 atom stereocenters. The minimum atomic E-state index is -4.45. The molecule has 1 aliphatic rings. The molecule has 1 saturated heterocycles. The Balaban J connectivity index is 1.42. The van der Waals surface area contributed by atoms with Gasteiger partial charge in [-0.1, -0.05) is 35.9 Å². The van der Waals surface area contributed by atoms with Crippen LogP contribution in [-0.4, -0.2) is 29.2 Å². The number of carbonyl (C=O) groups excluding carboxylic acids is 1. The van der Waals surface area contributed by atoms with E-state index in [0.717, 1.165) is 36.4 Å². The fourth-order valence-electron chi connectivity index (χ4n) is 3.79. The predicted molar refractivity (Wildman–Crippen MR) is 117 cm³/mol. The summed E-state index contributed by atoms with van der Waals surface area (Å²) in [6.45, 7) is 3.20. The maximum Gasteiger partial charge on any atom is 0.416 e. The van der Waals surface area contributed by atoms with E-state index in [1.165, 1.54) is 17.7 Å². The first-order valence-electron chi connectivity index (χ1n) is 10.4. The van der Waals surface area contributed by atoms with Gasteiger partial charge >= 0.3 is 6.18 Å². The van der Waals surface area contributed by atoms with Crippen molar-refractivity contribution in [2.45, 2.75) is 25.9 Å². The van der Waals surface area contributed by atoms with Gasteiger partial charge in [0.2, 0.25) is 5.91 Å². The number of nitrogens with one attached hydrogen (secondary N) is 1. The number of amides is 1. The highest BCUT2D eigenvalue weighted by Crippen LogP contribution is 2.31. The van der Waals surface area contributed by atoms with Crippen molar-refractivity contribution in [1.82, 2.24) is 10.2 Å². The fraction of sp³-hybridized carbons (Fsp3) is 0.292. The summed E-state index contributed by atoms with van der Waals surface area (Å²) in [6, 6.07) is 16.5. The standard InChI is InChI=1S/C24H23F3N4O/c1-16-7-9-17(10-8-16)21-11-12-22(30-29-21)31-13-3-4-18(15-31)23(32)28-20-6-2-5-19(14-20)24(25,26)27/h2,5-12,14,18H,3-4,13,15H2,1H3,(H,28,32)/t18-/m0/s1. The molecule has 0 aliphatic carbocycles. The number of aromatic nitrogens is 2. The summed E-state index contributed by atoms with van der Waals surface area (Å²) in [5.41, 5.74) is 2.27. The van der Waals surface area contributed by atoms with Crippen LogP contribution in [0.3, 0.4) is 0 Å². The highest BCUT2D eigenvalue weighted by atomic mass is 19.4. The van der Waals surface area contributed by atoms with E-state index in [2.05, 4.69) is 15.5 Å². The predicted octanol–water partition coefficient (Wildman–Crippen LogP) is 5.33. The summed E-state index contributed by atoms with van der Waals surface area (Å²) >= 11 is 0. The van der Waals surface area contributed by atoms with Crippen LogP contribution in [0.15, 0.2) is 60.7 Å². The Kier molecular flexibility index (Phi) is 6.12. The highest BCUT2D eigenvalue weighted by molar-refractivity contribution is 5.93. The second kappa shape index (κ2) is 8.98. The minimum absolute atomic E-state index is 0.143. The van der Waals surface area contributed by atoms with Gasteiger partial charge in [-0.15, -0.1) is 10.2 Å². The Morgan fingerprint density at radius 3 is 2.53 bits per heavy atom. The first kappa shape index (κ1) is 21.8. The number of carbonyl (C=O) groups is 1. The molecule has 32 heavy (non-hydrogen) atoms. The molecule has 1 N–H and O–H groups in total. The molecule has 0 radical (unpaired) electrons. The molecule has 4 rings (SSSR count). The monoisotopic (exact) mass is 440 g/mol. The van der Waals surface area contributed by atoms with Crippen molar-refractivity contribution in [3.8, 4) is 11.3 Å². The highest BCUT2D eigenvalue weighted by Gasteiger charge is 2.31. The van der Waals surface area contributed by atoms with E-state index >= 15 is 0 Å². The largest absolute Gasteiger partial charge is 0.416 e. The van der Waals surface area contributed by atoms with Crippen LogP contribution in [-0.2, 0) is 11.0 Å². The molecule has 1 aliphatic heterocycles. The summed E-state index contributed by atoms with van der Waals surface area (Å²) in [4.78, 5) is 14.7. The molecule has 0 bridgehead atoms. The normalized spacial score (nSPS) is 16.6. The van der Waals surface area contributed by atoms with Crippen LogP contribution >= 0.6 is 0 Å². The van der Waals surface area contributed by atoms with Gasteiger partial charge < -0.3 is 10.2 Å². The summed E-state index contributed by atoms with van der Waals surface area (Å²) in [6.07, 6.45) is -3.01. The molecule has 1 aromatic heterocycles. The molecular formula is C24H23F3N4O. The topological polar surface area (TPSA) is 58.1 Å². The molecule has 0 unspecified atom stereocenters. The third kappa shape index (κ3) is 5.07. The molecule has 2 aromatic carbocycles. The van der Waals surface area contributed by atoms with Crippen LogP contribution in [0.5, 0.6) is 0 Å². The molecule has 1 fully saturated rings. The van der Waals surface area contributed by atoms with Gasteiger partial charge in [-0.05, 0) is 50.1 Å².